The Hall–Kier alpha value is -5.10. The highest BCUT2D eigenvalue weighted by atomic mass is 32.2. The van der Waals surface area contributed by atoms with E-state index in [0.717, 1.165) is 28.1 Å². The third-order valence-corrected chi connectivity index (χ3v) is 12.3. The van der Waals surface area contributed by atoms with E-state index in [1.807, 2.05) is 32.9 Å². The molecule has 0 spiro atoms. The Morgan fingerprint density at radius 3 is 2.42 bits per heavy atom. The number of amides is 1. The van der Waals surface area contributed by atoms with Crippen LogP contribution in [0.15, 0.2) is 61.4 Å². The maximum absolute atomic E-state index is 15.7. The molecule has 316 valence electrons. The lowest BCUT2D eigenvalue weighted by molar-refractivity contribution is -0.141. The summed E-state index contributed by atoms with van der Waals surface area (Å²) < 4.78 is 85.6. The van der Waals surface area contributed by atoms with Crippen LogP contribution in [0.25, 0.3) is 10.8 Å². The standard InChI is InChI=1S/C41H49F4N9O4S/c1-6-38(55)48-31-19-32(54-21-26(25(54)4)23-59(5,56)57)29-20-47-36(18-28(29)39(31)24(2)3)50-35-10-14-46-40(51-35)53-17-13-33(30(42)22-53)58-27-11-15-52(16-12-27)37-9-7-8-34(49-37)41(43,44)45/h6-10,14,18-20,24-27,30,33H,1,11-13,15-17,21-23H2,2-5H3,(H,48,55)(H,46,47,50,51)/t25-,26-,30+,33-/m1/s1. The lowest BCUT2D eigenvalue weighted by Gasteiger charge is -2.48. The van der Waals surface area contributed by atoms with E-state index in [1.165, 1.54) is 18.4 Å². The summed E-state index contributed by atoms with van der Waals surface area (Å²) in [6, 6.07) is 9.33. The van der Waals surface area contributed by atoms with Crippen LogP contribution in [0.3, 0.4) is 0 Å². The van der Waals surface area contributed by atoms with Crippen molar-refractivity contribution in [1.29, 1.82) is 0 Å². The maximum Gasteiger partial charge on any atom is 0.433 e. The molecule has 0 unspecified atom stereocenters. The summed E-state index contributed by atoms with van der Waals surface area (Å²) >= 11 is 0. The van der Waals surface area contributed by atoms with Crippen LogP contribution in [0, 0.1) is 5.92 Å². The quantitative estimate of drug-likeness (QED) is 0.113. The fraction of sp³-hybridized carbons (Fsp3) is 0.488. The minimum absolute atomic E-state index is 0.00511. The van der Waals surface area contributed by atoms with Crippen molar-refractivity contribution in [2.24, 2.45) is 5.92 Å². The number of aromatic nitrogens is 4. The molecule has 4 atom stereocenters. The lowest BCUT2D eigenvalue weighted by atomic mass is 9.88. The van der Waals surface area contributed by atoms with Gasteiger partial charge in [0.25, 0.3) is 0 Å². The van der Waals surface area contributed by atoms with Gasteiger partial charge in [0.05, 0.1) is 24.5 Å². The molecule has 0 aliphatic carbocycles. The third-order valence-electron chi connectivity index (χ3n) is 11.3. The van der Waals surface area contributed by atoms with Gasteiger partial charge in [0.1, 0.15) is 39.2 Å². The number of carbonyl (C=O) groups excluding carboxylic acids is 1. The number of piperidine rings is 2. The average Bonchev–Trinajstić information content (AvgIpc) is 3.19. The number of nitrogens with zero attached hydrogens (tertiary/aromatic N) is 7. The van der Waals surface area contributed by atoms with Gasteiger partial charge in [-0.05, 0) is 79.5 Å². The highest BCUT2D eigenvalue weighted by Crippen LogP contribution is 2.43. The number of hydrogen-bond donors (Lipinski definition) is 2. The summed E-state index contributed by atoms with van der Waals surface area (Å²) in [5.41, 5.74) is 1.42. The number of nitrogens with one attached hydrogen (secondary N) is 2. The van der Waals surface area contributed by atoms with E-state index in [2.05, 4.69) is 32.1 Å². The molecule has 3 aliphatic rings. The first-order valence-electron chi connectivity index (χ1n) is 19.8. The molecular weight excluding hydrogens is 791 g/mol. The fourth-order valence-electron chi connectivity index (χ4n) is 8.27. The molecule has 3 aliphatic heterocycles. The number of anilines is 6. The predicted octanol–water partition coefficient (Wildman–Crippen LogP) is 6.90. The van der Waals surface area contributed by atoms with Crippen molar-refractivity contribution in [3.63, 3.8) is 0 Å². The van der Waals surface area contributed by atoms with Gasteiger partial charge in [-0.3, -0.25) is 4.79 Å². The van der Waals surface area contributed by atoms with Crippen LogP contribution in [0.4, 0.5) is 52.3 Å². The molecule has 0 saturated carbocycles. The van der Waals surface area contributed by atoms with Crippen molar-refractivity contribution >= 4 is 61.3 Å². The van der Waals surface area contributed by atoms with E-state index in [4.69, 9.17) is 14.7 Å². The molecule has 1 amide bonds. The molecule has 3 saturated heterocycles. The molecule has 0 radical (unpaired) electrons. The zero-order valence-electron chi connectivity index (χ0n) is 33.4. The number of fused-ring (bicyclic) bond motifs is 1. The molecule has 4 aromatic rings. The van der Waals surface area contributed by atoms with E-state index in [0.29, 0.717) is 68.7 Å². The van der Waals surface area contributed by atoms with Gasteiger partial charge in [0, 0.05) is 73.5 Å². The molecule has 1 aromatic carbocycles. The largest absolute Gasteiger partial charge is 0.433 e. The number of sulfone groups is 1. The van der Waals surface area contributed by atoms with E-state index < -0.39 is 34.0 Å². The zero-order chi connectivity index (χ0) is 42.2. The van der Waals surface area contributed by atoms with Crippen molar-refractivity contribution in [1.82, 2.24) is 19.9 Å². The summed E-state index contributed by atoms with van der Waals surface area (Å²) in [7, 11) is -3.16. The number of benzene rings is 1. The van der Waals surface area contributed by atoms with Gasteiger partial charge in [-0.2, -0.15) is 18.2 Å². The Morgan fingerprint density at radius 2 is 1.76 bits per heavy atom. The minimum atomic E-state index is -4.52. The van der Waals surface area contributed by atoms with Gasteiger partial charge in [-0.1, -0.05) is 26.5 Å². The summed E-state index contributed by atoms with van der Waals surface area (Å²) in [5.74, 6) is 1.23. The molecule has 3 aromatic heterocycles. The van der Waals surface area contributed by atoms with Crippen LogP contribution in [-0.4, -0.2) is 103 Å². The zero-order valence-corrected chi connectivity index (χ0v) is 34.2. The van der Waals surface area contributed by atoms with Gasteiger partial charge in [0.2, 0.25) is 11.9 Å². The van der Waals surface area contributed by atoms with Crippen LogP contribution in [0.5, 0.6) is 0 Å². The summed E-state index contributed by atoms with van der Waals surface area (Å²) in [4.78, 5) is 36.0. The van der Waals surface area contributed by atoms with Crippen molar-refractivity contribution in [3.05, 3.63) is 72.7 Å². The second kappa shape index (κ2) is 16.9. The van der Waals surface area contributed by atoms with Crippen LogP contribution in [0.2, 0.25) is 0 Å². The van der Waals surface area contributed by atoms with Gasteiger partial charge < -0.3 is 30.1 Å². The summed E-state index contributed by atoms with van der Waals surface area (Å²) in [6.45, 7) is 11.6. The van der Waals surface area contributed by atoms with E-state index in [-0.39, 0.29) is 48.0 Å². The lowest BCUT2D eigenvalue weighted by Crippen LogP contribution is -2.57. The SMILES string of the molecule is C=CC(=O)Nc1cc(N2C[C@H](CS(C)(=O)=O)[C@H]2C)c2cnc(Nc3ccnc(N4CC[C@@H](OC5CCN(c6cccc(C(F)(F)F)n6)CC5)[C@@H](F)C4)n3)cc2c1C(C)C. The Morgan fingerprint density at radius 1 is 1.02 bits per heavy atom. The Bertz CT molecular complexity index is 2310. The first-order valence-corrected chi connectivity index (χ1v) is 21.8. The normalized spacial score (nSPS) is 21.7. The maximum atomic E-state index is 15.7. The smallest absolute Gasteiger partial charge is 0.372 e. The van der Waals surface area contributed by atoms with E-state index >= 15 is 4.39 Å². The fourth-order valence-corrected chi connectivity index (χ4v) is 9.43. The molecule has 18 heteroatoms. The molecule has 0 bridgehead atoms. The number of hydrogen-bond acceptors (Lipinski definition) is 12. The van der Waals surface area contributed by atoms with Crippen LogP contribution in [-0.2, 0) is 25.5 Å². The number of halogens is 4. The molecular formula is C41H49F4N9O4S. The van der Waals surface area contributed by atoms with Crippen molar-refractivity contribution in [3.8, 4) is 0 Å². The van der Waals surface area contributed by atoms with Crippen LogP contribution >= 0.6 is 0 Å². The first-order chi connectivity index (χ1) is 28.0. The minimum Gasteiger partial charge on any atom is -0.372 e. The van der Waals surface area contributed by atoms with Gasteiger partial charge in [-0.25, -0.2) is 27.8 Å². The van der Waals surface area contributed by atoms with Crippen molar-refractivity contribution in [2.75, 3.05) is 70.1 Å². The first kappa shape index (κ1) is 42.0. The molecule has 7 rings (SSSR count). The summed E-state index contributed by atoms with van der Waals surface area (Å²) in [6.07, 6.45) is 0.603. The number of ether oxygens (including phenoxy) is 1. The van der Waals surface area contributed by atoms with Gasteiger partial charge in [-0.15, -0.1) is 0 Å². The highest BCUT2D eigenvalue weighted by Gasteiger charge is 2.39. The Kier molecular flexibility index (Phi) is 12.0. The average molecular weight is 840 g/mol. The molecule has 59 heavy (non-hydrogen) atoms. The Balaban J connectivity index is 1.03. The molecule has 2 N–H and O–H groups in total. The second-order valence-electron chi connectivity index (χ2n) is 15.9. The number of pyridine rings is 2. The van der Waals surface area contributed by atoms with Gasteiger partial charge >= 0.3 is 6.18 Å². The molecule has 6 heterocycles. The number of alkyl halides is 4. The topological polar surface area (TPSA) is 146 Å². The van der Waals surface area contributed by atoms with Crippen LogP contribution < -0.4 is 25.3 Å². The molecule has 3 fully saturated rings. The number of rotatable bonds is 12. The summed E-state index contributed by atoms with van der Waals surface area (Å²) in [5, 5.41) is 7.95. The molecule has 13 nitrogen and oxygen atoms in total. The second-order valence-corrected chi connectivity index (χ2v) is 18.1. The van der Waals surface area contributed by atoms with Crippen LogP contribution in [0.1, 0.15) is 57.2 Å². The number of carbonyl (C=O) groups is 1. The van der Waals surface area contributed by atoms with Gasteiger partial charge in [0.15, 0.2) is 0 Å². The monoisotopic (exact) mass is 839 g/mol. The Labute approximate surface area is 341 Å². The highest BCUT2D eigenvalue weighted by molar-refractivity contribution is 7.90. The van der Waals surface area contributed by atoms with E-state index in [1.54, 1.807) is 34.3 Å². The third kappa shape index (κ3) is 9.53. The van der Waals surface area contributed by atoms with Crippen molar-refractivity contribution in [2.45, 2.75) is 76.5 Å². The van der Waals surface area contributed by atoms with Crippen molar-refractivity contribution < 1.29 is 35.5 Å². The predicted molar refractivity (Wildman–Crippen MR) is 221 cm³/mol. The van der Waals surface area contributed by atoms with E-state index in [9.17, 15) is 26.4 Å².